The lowest BCUT2D eigenvalue weighted by Gasteiger charge is -2.11. The van der Waals surface area contributed by atoms with Gasteiger partial charge in [0.1, 0.15) is 17.2 Å². The molecule has 3 amide bonds. The van der Waals surface area contributed by atoms with Gasteiger partial charge in [-0.3, -0.25) is 10.1 Å². The summed E-state index contributed by atoms with van der Waals surface area (Å²) < 4.78 is 27.1. The third kappa shape index (κ3) is 4.86. The number of halogens is 2. The normalized spacial score (nSPS) is 10.4. The van der Waals surface area contributed by atoms with E-state index < -0.39 is 29.1 Å². The van der Waals surface area contributed by atoms with E-state index in [1.165, 1.54) is 0 Å². The van der Waals surface area contributed by atoms with Gasteiger partial charge in [0.05, 0.1) is 0 Å². The highest BCUT2D eigenvalue weighted by Gasteiger charge is 2.19. The van der Waals surface area contributed by atoms with E-state index in [0.717, 1.165) is 48.6 Å². The fraction of sp³-hybridized carbons (Fsp3) is 0.263. The number of urea groups is 1. The molecule has 0 aliphatic rings. The van der Waals surface area contributed by atoms with E-state index >= 15 is 0 Å². The molecule has 6 heteroatoms. The zero-order valence-corrected chi connectivity index (χ0v) is 14.2. The molecule has 0 saturated carbocycles. The lowest BCUT2D eigenvalue weighted by molar-refractivity contribution is 0.0959. The van der Waals surface area contributed by atoms with Gasteiger partial charge in [-0.2, -0.15) is 0 Å². The Balaban J connectivity index is 2.04. The van der Waals surface area contributed by atoms with Crippen LogP contribution in [0.2, 0.25) is 0 Å². The smallest absolute Gasteiger partial charge is 0.307 e. The van der Waals surface area contributed by atoms with E-state index in [1.807, 2.05) is 24.4 Å². The summed E-state index contributed by atoms with van der Waals surface area (Å²) in [6, 6.07) is 7.81. The van der Waals surface area contributed by atoms with Gasteiger partial charge in [-0.05, 0) is 49.1 Å². The van der Waals surface area contributed by atoms with Crippen LogP contribution in [-0.2, 0) is 6.42 Å². The van der Waals surface area contributed by atoms with Gasteiger partial charge in [0.25, 0.3) is 5.91 Å². The van der Waals surface area contributed by atoms with Crippen LogP contribution < -0.4 is 10.6 Å². The van der Waals surface area contributed by atoms with Crippen molar-refractivity contribution in [3.8, 4) is 0 Å². The molecule has 0 heterocycles. The molecule has 0 saturated heterocycles. The molecule has 0 aromatic heterocycles. The standard InChI is InChI=1S/C19H20F2N2O2/c1-3-4-6-13-9-10-16(12(2)11-13)22-19(25)23-18(24)17-14(20)7-5-8-15(17)21/h5,7-11H,3-4,6H2,1-2H3,(H2,22,23,24,25). The fourth-order valence-corrected chi connectivity index (χ4v) is 2.44. The summed E-state index contributed by atoms with van der Waals surface area (Å²) in [6.45, 7) is 3.95. The van der Waals surface area contributed by atoms with E-state index in [2.05, 4.69) is 12.2 Å². The van der Waals surface area contributed by atoms with Crippen molar-refractivity contribution < 1.29 is 18.4 Å². The molecule has 0 bridgehead atoms. The number of hydrogen-bond donors (Lipinski definition) is 2. The molecule has 0 atom stereocenters. The van der Waals surface area contributed by atoms with Gasteiger partial charge in [-0.15, -0.1) is 0 Å². The number of hydrogen-bond acceptors (Lipinski definition) is 2. The molecule has 0 fully saturated rings. The monoisotopic (exact) mass is 346 g/mol. The first-order chi connectivity index (χ1) is 11.9. The van der Waals surface area contributed by atoms with Gasteiger partial charge in [-0.25, -0.2) is 13.6 Å². The summed E-state index contributed by atoms with van der Waals surface area (Å²) in [6.07, 6.45) is 3.13. The van der Waals surface area contributed by atoms with Gasteiger partial charge in [-0.1, -0.05) is 31.5 Å². The first-order valence-electron chi connectivity index (χ1n) is 8.08. The third-order valence-corrected chi connectivity index (χ3v) is 3.77. The van der Waals surface area contributed by atoms with Crippen LogP contribution in [0, 0.1) is 18.6 Å². The minimum absolute atomic E-state index is 0.527. The van der Waals surface area contributed by atoms with Crippen molar-refractivity contribution in [1.82, 2.24) is 5.32 Å². The van der Waals surface area contributed by atoms with Gasteiger partial charge in [0.15, 0.2) is 0 Å². The summed E-state index contributed by atoms with van der Waals surface area (Å²) in [5.41, 5.74) is 1.74. The molecule has 0 spiro atoms. The summed E-state index contributed by atoms with van der Waals surface area (Å²) in [7, 11) is 0. The second kappa shape index (κ2) is 8.37. The van der Waals surface area contributed by atoms with E-state index in [4.69, 9.17) is 0 Å². The Morgan fingerprint density at radius 2 is 1.76 bits per heavy atom. The van der Waals surface area contributed by atoms with Crippen molar-refractivity contribution in [2.75, 3.05) is 5.32 Å². The molecule has 0 aliphatic heterocycles. The quantitative estimate of drug-likeness (QED) is 0.833. The van der Waals surface area contributed by atoms with Crippen molar-refractivity contribution in [2.24, 2.45) is 0 Å². The highest BCUT2D eigenvalue weighted by atomic mass is 19.1. The largest absolute Gasteiger partial charge is 0.326 e. The van der Waals surface area contributed by atoms with Crippen molar-refractivity contribution in [2.45, 2.75) is 33.1 Å². The highest BCUT2D eigenvalue weighted by molar-refractivity contribution is 6.08. The van der Waals surface area contributed by atoms with Crippen LogP contribution in [0.1, 0.15) is 41.3 Å². The lowest BCUT2D eigenvalue weighted by Crippen LogP contribution is -2.35. The number of carbonyl (C=O) groups excluding carboxylic acids is 2. The Morgan fingerprint density at radius 1 is 1.08 bits per heavy atom. The van der Waals surface area contributed by atoms with Crippen LogP contribution in [-0.4, -0.2) is 11.9 Å². The minimum Gasteiger partial charge on any atom is -0.307 e. The number of unbranched alkanes of at least 4 members (excludes halogenated alkanes) is 1. The van der Waals surface area contributed by atoms with E-state index in [0.29, 0.717) is 5.69 Å². The van der Waals surface area contributed by atoms with Crippen molar-refractivity contribution in [3.05, 3.63) is 64.7 Å². The molecule has 2 aromatic carbocycles. The van der Waals surface area contributed by atoms with Crippen LogP contribution in [0.25, 0.3) is 0 Å². The van der Waals surface area contributed by atoms with Gasteiger partial charge < -0.3 is 5.32 Å². The van der Waals surface area contributed by atoms with Crippen molar-refractivity contribution in [3.63, 3.8) is 0 Å². The average Bonchev–Trinajstić information content (AvgIpc) is 2.55. The third-order valence-electron chi connectivity index (χ3n) is 3.77. The number of nitrogens with one attached hydrogen (secondary N) is 2. The maximum atomic E-state index is 13.6. The van der Waals surface area contributed by atoms with E-state index in [1.54, 1.807) is 6.07 Å². The van der Waals surface area contributed by atoms with Crippen molar-refractivity contribution >= 4 is 17.6 Å². The molecule has 2 N–H and O–H groups in total. The summed E-state index contributed by atoms with van der Waals surface area (Å²) in [4.78, 5) is 23.8. The van der Waals surface area contributed by atoms with Crippen LogP contribution in [0.4, 0.5) is 19.3 Å². The van der Waals surface area contributed by atoms with E-state index in [-0.39, 0.29) is 0 Å². The van der Waals surface area contributed by atoms with Crippen LogP contribution in [0.15, 0.2) is 36.4 Å². The van der Waals surface area contributed by atoms with Gasteiger partial charge in [0, 0.05) is 5.69 Å². The molecular weight excluding hydrogens is 326 g/mol. The first kappa shape index (κ1) is 18.6. The summed E-state index contributed by atoms with van der Waals surface area (Å²) >= 11 is 0. The second-order valence-corrected chi connectivity index (χ2v) is 5.76. The second-order valence-electron chi connectivity index (χ2n) is 5.76. The molecule has 132 valence electrons. The summed E-state index contributed by atoms with van der Waals surface area (Å²) in [5.74, 6) is -3.19. The maximum Gasteiger partial charge on any atom is 0.326 e. The Bertz CT molecular complexity index is 771. The van der Waals surface area contributed by atoms with Gasteiger partial charge >= 0.3 is 6.03 Å². The van der Waals surface area contributed by atoms with Crippen molar-refractivity contribution in [1.29, 1.82) is 0 Å². The summed E-state index contributed by atoms with van der Waals surface area (Å²) in [5, 5.41) is 4.45. The fourth-order valence-electron chi connectivity index (χ4n) is 2.44. The molecule has 4 nitrogen and oxygen atoms in total. The zero-order valence-electron chi connectivity index (χ0n) is 14.2. The number of imide groups is 1. The molecule has 25 heavy (non-hydrogen) atoms. The number of aryl methyl sites for hydroxylation is 2. The van der Waals surface area contributed by atoms with Crippen LogP contribution in [0.3, 0.4) is 0 Å². The predicted octanol–water partition coefficient (Wildman–Crippen LogP) is 4.58. The maximum absolute atomic E-state index is 13.6. The number of amides is 3. The number of rotatable bonds is 5. The Kier molecular flexibility index (Phi) is 6.22. The number of carbonyl (C=O) groups is 2. The van der Waals surface area contributed by atoms with Crippen LogP contribution >= 0.6 is 0 Å². The highest BCUT2D eigenvalue weighted by Crippen LogP contribution is 2.18. The predicted molar refractivity (Wildman–Crippen MR) is 92.6 cm³/mol. The molecule has 2 rings (SSSR count). The topological polar surface area (TPSA) is 58.2 Å². The van der Waals surface area contributed by atoms with Gasteiger partial charge in [0.2, 0.25) is 0 Å². The zero-order chi connectivity index (χ0) is 18.4. The Labute approximate surface area is 145 Å². The Morgan fingerprint density at radius 3 is 2.36 bits per heavy atom. The SMILES string of the molecule is CCCCc1ccc(NC(=O)NC(=O)c2c(F)cccc2F)c(C)c1. The lowest BCUT2D eigenvalue weighted by atomic mass is 10.0. The minimum atomic E-state index is -1.13. The number of benzene rings is 2. The van der Waals surface area contributed by atoms with E-state index in [9.17, 15) is 18.4 Å². The molecular formula is C19H20F2N2O2. The Hall–Kier alpha value is -2.76. The van der Waals surface area contributed by atoms with Crippen LogP contribution in [0.5, 0.6) is 0 Å². The average molecular weight is 346 g/mol. The first-order valence-corrected chi connectivity index (χ1v) is 8.08. The molecule has 0 aliphatic carbocycles. The number of anilines is 1. The molecule has 0 unspecified atom stereocenters. The molecule has 2 aromatic rings. The molecule has 0 radical (unpaired) electrons.